The number of nitrogens with one attached hydrogen (secondary N) is 1. The first-order chi connectivity index (χ1) is 13.7. The van der Waals surface area contributed by atoms with E-state index in [4.69, 9.17) is 11.6 Å². The van der Waals surface area contributed by atoms with Gasteiger partial charge in [-0.05, 0) is 53.9 Å². The molecule has 0 aliphatic rings. The maximum absolute atomic E-state index is 12.4. The van der Waals surface area contributed by atoms with Crippen LogP contribution in [0.15, 0.2) is 88.9 Å². The fraction of sp³-hybridized carbons (Fsp3) is 0.130. The zero-order valence-corrected chi connectivity index (χ0v) is 17.1. The zero-order valence-electron chi connectivity index (χ0n) is 15.6. The Bertz CT molecular complexity index is 939. The second-order valence-electron chi connectivity index (χ2n) is 6.16. The molecule has 0 radical (unpaired) electrons. The Morgan fingerprint density at radius 2 is 1.61 bits per heavy atom. The third-order valence-electron chi connectivity index (χ3n) is 4.17. The van der Waals surface area contributed by atoms with Crippen molar-refractivity contribution in [2.45, 2.75) is 24.0 Å². The molecule has 28 heavy (non-hydrogen) atoms. The molecule has 0 saturated carbocycles. The van der Waals surface area contributed by atoms with Gasteiger partial charge in [0, 0.05) is 21.2 Å². The minimum Gasteiger partial charge on any atom is -0.267 e. The largest absolute Gasteiger partial charge is 0.271 e. The number of hydrazone groups is 1. The summed E-state index contributed by atoms with van der Waals surface area (Å²) in [5, 5.41) is 5.03. The van der Waals surface area contributed by atoms with Crippen molar-refractivity contribution in [1.29, 1.82) is 0 Å². The van der Waals surface area contributed by atoms with Gasteiger partial charge in [0.25, 0.3) is 5.91 Å². The number of nitrogens with zero attached hydrogens (tertiary/aromatic N) is 1. The lowest BCUT2D eigenvalue weighted by Crippen LogP contribution is -2.20. The fourth-order valence-electron chi connectivity index (χ4n) is 2.61. The molecule has 0 spiro atoms. The molecule has 0 unspecified atom stereocenters. The lowest BCUT2D eigenvalue weighted by Gasteiger charge is -2.06. The normalized spacial score (nSPS) is 11.3. The van der Waals surface area contributed by atoms with Gasteiger partial charge in [0.05, 0.1) is 5.71 Å². The first-order valence-electron chi connectivity index (χ1n) is 9.05. The molecule has 0 bridgehead atoms. The maximum Gasteiger partial charge on any atom is 0.271 e. The number of hydrogen-bond acceptors (Lipinski definition) is 3. The molecule has 0 fully saturated rings. The van der Waals surface area contributed by atoms with E-state index in [0.29, 0.717) is 5.56 Å². The molecule has 3 nitrogen and oxygen atoms in total. The summed E-state index contributed by atoms with van der Waals surface area (Å²) in [5.74, 6) is 0.620. The van der Waals surface area contributed by atoms with Crippen molar-refractivity contribution in [2.24, 2.45) is 5.10 Å². The van der Waals surface area contributed by atoms with Crippen molar-refractivity contribution in [3.05, 3.63) is 101 Å². The number of benzene rings is 3. The molecular formula is C23H21ClN2OS. The number of carbonyl (C=O) groups is 1. The predicted octanol–water partition coefficient (Wildman–Crippen LogP) is 6.18. The van der Waals surface area contributed by atoms with Crippen molar-refractivity contribution < 1.29 is 4.79 Å². The van der Waals surface area contributed by atoms with E-state index in [-0.39, 0.29) is 5.91 Å². The molecule has 1 amide bonds. The minimum absolute atomic E-state index is 0.209. The van der Waals surface area contributed by atoms with Crippen LogP contribution in [0.4, 0.5) is 0 Å². The molecule has 0 aliphatic heterocycles. The molecule has 0 aliphatic carbocycles. The van der Waals surface area contributed by atoms with Gasteiger partial charge in [-0.25, -0.2) is 5.43 Å². The van der Waals surface area contributed by atoms with Crippen molar-refractivity contribution in [1.82, 2.24) is 5.43 Å². The summed E-state index contributed by atoms with van der Waals surface area (Å²) in [6.45, 7) is 2.02. The average Bonchev–Trinajstić information content (AvgIpc) is 2.75. The lowest BCUT2D eigenvalue weighted by molar-refractivity contribution is 0.0955. The van der Waals surface area contributed by atoms with E-state index < -0.39 is 0 Å². The highest BCUT2D eigenvalue weighted by molar-refractivity contribution is 7.98. The van der Waals surface area contributed by atoms with E-state index in [2.05, 4.69) is 10.5 Å². The molecule has 0 atom stereocenters. The highest BCUT2D eigenvalue weighted by Crippen LogP contribution is 2.24. The monoisotopic (exact) mass is 408 g/mol. The Hall–Kier alpha value is -2.56. The summed E-state index contributed by atoms with van der Waals surface area (Å²) < 4.78 is 0. The standard InChI is InChI=1S/C23H21ClN2OS/c1-2-22(18-6-4-3-5-7-18)25-26-23(27)19-10-8-17(9-11-19)16-28-21-14-12-20(24)13-15-21/h3-15H,2,16H2,1H3,(H,26,27)/b25-22-. The smallest absolute Gasteiger partial charge is 0.267 e. The number of carbonyl (C=O) groups excluding carboxylic acids is 1. The van der Waals surface area contributed by atoms with Crippen LogP contribution in [0.3, 0.4) is 0 Å². The van der Waals surface area contributed by atoms with Gasteiger partial charge in [-0.1, -0.05) is 61.0 Å². The Morgan fingerprint density at radius 1 is 0.929 bits per heavy atom. The summed E-state index contributed by atoms with van der Waals surface area (Å²) in [4.78, 5) is 13.5. The average molecular weight is 409 g/mol. The van der Waals surface area contributed by atoms with Gasteiger partial charge in [-0.15, -0.1) is 11.8 Å². The Labute approximate surface area is 174 Å². The first kappa shape index (κ1) is 20.2. The van der Waals surface area contributed by atoms with Crippen LogP contribution in [0, 0.1) is 0 Å². The van der Waals surface area contributed by atoms with E-state index >= 15 is 0 Å². The molecule has 0 aromatic heterocycles. The van der Waals surface area contributed by atoms with Crippen molar-refractivity contribution in [2.75, 3.05) is 0 Å². The van der Waals surface area contributed by atoms with Crippen LogP contribution in [-0.2, 0) is 5.75 Å². The molecular weight excluding hydrogens is 388 g/mol. The Kier molecular flexibility index (Phi) is 7.29. The molecule has 0 heterocycles. The van der Waals surface area contributed by atoms with Gasteiger partial charge in [0.2, 0.25) is 0 Å². The van der Waals surface area contributed by atoms with Gasteiger partial charge in [0.1, 0.15) is 0 Å². The van der Waals surface area contributed by atoms with Crippen LogP contribution < -0.4 is 5.43 Å². The van der Waals surface area contributed by atoms with Crippen LogP contribution in [0.5, 0.6) is 0 Å². The van der Waals surface area contributed by atoms with Crippen LogP contribution in [0.2, 0.25) is 5.02 Å². The Morgan fingerprint density at radius 3 is 2.25 bits per heavy atom. The number of hydrogen-bond donors (Lipinski definition) is 1. The number of amides is 1. The van der Waals surface area contributed by atoms with Crippen molar-refractivity contribution in [3.8, 4) is 0 Å². The third kappa shape index (κ3) is 5.72. The third-order valence-corrected chi connectivity index (χ3v) is 5.50. The van der Waals surface area contributed by atoms with Crippen LogP contribution >= 0.6 is 23.4 Å². The first-order valence-corrected chi connectivity index (χ1v) is 10.4. The summed E-state index contributed by atoms with van der Waals surface area (Å²) in [6, 6.07) is 25.2. The second kappa shape index (κ2) is 10.1. The molecule has 142 valence electrons. The quantitative estimate of drug-likeness (QED) is 0.288. The molecule has 3 rings (SSSR count). The number of thioether (sulfide) groups is 1. The maximum atomic E-state index is 12.4. The topological polar surface area (TPSA) is 41.5 Å². The van der Waals surface area contributed by atoms with Gasteiger partial charge in [0.15, 0.2) is 0 Å². The van der Waals surface area contributed by atoms with Gasteiger partial charge >= 0.3 is 0 Å². The van der Waals surface area contributed by atoms with Crippen molar-refractivity contribution >= 4 is 35.0 Å². The molecule has 1 N–H and O–H groups in total. The van der Waals surface area contributed by atoms with E-state index in [9.17, 15) is 4.79 Å². The molecule has 3 aromatic carbocycles. The molecule has 0 saturated heterocycles. The highest BCUT2D eigenvalue weighted by Gasteiger charge is 2.06. The predicted molar refractivity (Wildman–Crippen MR) is 118 cm³/mol. The second-order valence-corrected chi connectivity index (χ2v) is 7.64. The van der Waals surface area contributed by atoms with E-state index in [1.165, 1.54) is 0 Å². The van der Waals surface area contributed by atoms with E-state index in [1.807, 2.05) is 85.8 Å². The van der Waals surface area contributed by atoms with Gasteiger partial charge in [-0.2, -0.15) is 5.10 Å². The SMILES string of the molecule is CC/C(=N/NC(=O)c1ccc(CSc2ccc(Cl)cc2)cc1)c1ccccc1. The van der Waals surface area contributed by atoms with Crippen LogP contribution in [0.25, 0.3) is 0 Å². The highest BCUT2D eigenvalue weighted by atomic mass is 35.5. The Balaban J connectivity index is 1.58. The summed E-state index contributed by atoms with van der Waals surface area (Å²) in [6.07, 6.45) is 0.741. The van der Waals surface area contributed by atoms with E-state index in [0.717, 1.165) is 38.9 Å². The number of rotatable bonds is 7. The molecule has 3 aromatic rings. The summed E-state index contributed by atoms with van der Waals surface area (Å²) >= 11 is 7.64. The minimum atomic E-state index is -0.209. The van der Waals surface area contributed by atoms with Crippen molar-refractivity contribution in [3.63, 3.8) is 0 Å². The number of halogens is 1. The summed E-state index contributed by atoms with van der Waals surface area (Å²) in [5.41, 5.74) is 6.27. The van der Waals surface area contributed by atoms with Crippen LogP contribution in [0.1, 0.15) is 34.8 Å². The van der Waals surface area contributed by atoms with Crippen LogP contribution in [-0.4, -0.2) is 11.6 Å². The fourth-order valence-corrected chi connectivity index (χ4v) is 3.59. The molecule has 5 heteroatoms. The lowest BCUT2D eigenvalue weighted by atomic mass is 10.1. The zero-order chi connectivity index (χ0) is 19.8. The summed E-state index contributed by atoms with van der Waals surface area (Å²) in [7, 11) is 0. The van der Waals surface area contributed by atoms with E-state index in [1.54, 1.807) is 11.8 Å². The van der Waals surface area contributed by atoms with Gasteiger partial charge < -0.3 is 0 Å². The van der Waals surface area contributed by atoms with Gasteiger partial charge in [-0.3, -0.25) is 4.79 Å².